The standard InChI is InChI=1S/C27H36ClN5O/c1-19(2)31-15-10-22(11-16-31)30-27(34)32-13-8-20(9-14-32)25-18-33(23-5-3-21(28)4-6-23)26-17-29-12-7-24(25)26/h3-5,7,12,17-20,22-23H,6,8-11,13-16H2,1-2H3,(H,30,34). The number of fused-ring (bicyclic) bond motifs is 1. The Hall–Kier alpha value is -2.31. The molecule has 0 saturated carbocycles. The van der Waals surface area contributed by atoms with E-state index in [0.717, 1.165) is 63.3 Å². The molecule has 4 heterocycles. The molecule has 2 amide bonds. The van der Waals surface area contributed by atoms with Gasteiger partial charge in [0.2, 0.25) is 0 Å². The Morgan fingerprint density at radius 3 is 2.59 bits per heavy atom. The van der Waals surface area contributed by atoms with Crippen LogP contribution in [0, 0.1) is 0 Å². The number of nitrogens with one attached hydrogen (secondary N) is 1. The van der Waals surface area contributed by atoms with Crippen LogP contribution in [0.15, 0.2) is 47.9 Å². The van der Waals surface area contributed by atoms with Gasteiger partial charge in [0.15, 0.2) is 0 Å². The minimum Gasteiger partial charge on any atom is -0.339 e. The number of hydrogen-bond acceptors (Lipinski definition) is 3. The van der Waals surface area contributed by atoms with E-state index in [-0.39, 0.29) is 12.1 Å². The lowest BCUT2D eigenvalue weighted by Crippen LogP contribution is -2.51. The monoisotopic (exact) mass is 481 g/mol. The molecule has 1 N–H and O–H groups in total. The first-order valence-corrected chi connectivity index (χ1v) is 13.1. The fraction of sp³-hybridized carbons (Fsp3) is 0.556. The number of hydrogen-bond donors (Lipinski definition) is 1. The van der Waals surface area contributed by atoms with Gasteiger partial charge in [0.05, 0.1) is 17.8 Å². The lowest BCUT2D eigenvalue weighted by atomic mass is 9.89. The lowest BCUT2D eigenvalue weighted by molar-refractivity contribution is 0.147. The zero-order valence-electron chi connectivity index (χ0n) is 20.3. The number of amides is 2. The normalized spacial score (nSPS) is 23.0. The second-order valence-electron chi connectivity index (χ2n) is 10.3. The highest BCUT2D eigenvalue weighted by molar-refractivity contribution is 6.31. The average Bonchev–Trinajstić information content (AvgIpc) is 3.25. The number of pyridine rings is 1. The van der Waals surface area contributed by atoms with Crippen molar-refractivity contribution < 1.29 is 4.79 Å². The van der Waals surface area contributed by atoms with E-state index in [1.165, 1.54) is 16.5 Å². The Morgan fingerprint density at radius 1 is 1.15 bits per heavy atom. The molecule has 1 atom stereocenters. The van der Waals surface area contributed by atoms with Crippen molar-refractivity contribution in [3.63, 3.8) is 0 Å². The highest BCUT2D eigenvalue weighted by Crippen LogP contribution is 2.37. The first-order chi connectivity index (χ1) is 16.5. The van der Waals surface area contributed by atoms with E-state index in [2.05, 4.69) is 58.0 Å². The predicted octanol–water partition coefficient (Wildman–Crippen LogP) is 5.42. The summed E-state index contributed by atoms with van der Waals surface area (Å²) in [7, 11) is 0. The molecule has 5 rings (SSSR count). The van der Waals surface area contributed by atoms with E-state index in [0.29, 0.717) is 18.0 Å². The highest BCUT2D eigenvalue weighted by Gasteiger charge is 2.29. The van der Waals surface area contributed by atoms with Crippen LogP contribution >= 0.6 is 11.6 Å². The predicted molar refractivity (Wildman–Crippen MR) is 138 cm³/mol. The summed E-state index contributed by atoms with van der Waals surface area (Å²) in [5, 5.41) is 5.40. The van der Waals surface area contributed by atoms with Gasteiger partial charge in [-0.05, 0) is 69.6 Å². The van der Waals surface area contributed by atoms with Gasteiger partial charge < -0.3 is 19.7 Å². The Kier molecular flexibility index (Phi) is 6.98. The molecule has 2 aromatic rings. The summed E-state index contributed by atoms with van der Waals surface area (Å²) in [5.41, 5.74) is 2.55. The number of halogens is 1. The number of aromatic nitrogens is 2. The molecular formula is C27H36ClN5O. The van der Waals surface area contributed by atoms with E-state index in [9.17, 15) is 4.79 Å². The van der Waals surface area contributed by atoms with Gasteiger partial charge in [-0.15, -0.1) is 0 Å². The maximum Gasteiger partial charge on any atom is 0.317 e. The molecule has 182 valence electrons. The maximum atomic E-state index is 12.9. The van der Waals surface area contributed by atoms with Crippen LogP contribution in [0.3, 0.4) is 0 Å². The Labute approximate surface area is 207 Å². The third-order valence-corrected chi connectivity index (χ3v) is 8.15. The topological polar surface area (TPSA) is 53.4 Å². The molecule has 2 fully saturated rings. The zero-order chi connectivity index (χ0) is 23.7. The number of nitrogens with zero attached hydrogens (tertiary/aromatic N) is 4. The summed E-state index contributed by atoms with van der Waals surface area (Å²) < 4.78 is 2.34. The molecule has 34 heavy (non-hydrogen) atoms. The van der Waals surface area contributed by atoms with E-state index < -0.39 is 0 Å². The summed E-state index contributed by atoms with van der Waals surface area (Å²) >= 11 is 6.15. The SMILES string of the molecule is CC(C)N1CCC(NC(=O)N2CCC(c3cn(C4C=CC(Cl)=CC4)c4cnccc34)CC2)CC1. The molecule has 2 aromatic heterocycles. The quantitative estimate of drug-likeness (QED) is 0.634. The first-order valence-electron chi connectivity index (χ1n) is 12.8. The van der Waals surface area contributed by atoms with Gasteiger partial charge in [-0.3, -0.25) is 4.98 Å². The summed E-state index contributed by atoms with van der Waals surface area (Å²) in [6.45, 7) is 8.25. The van der Waals surface area contributed by atoms with Gasteiger partial charge in [0, 0.05) is 61.1 Å². The lowest BCUT2D eigenvalue weighted by Gasteiger charge is -2.37. The molecule has 0 spiro atoms. The molecule has 3 aliphatic rings. The summed E-state index contributed by atoms with van der Waals surface area (Å²) in [6.07, 6.45) is 17.4. The third kappa shape index (κ3) is 4.89. The summed E-state index contributed by atoms with van der Waals surface area (Å²) in [4.78, 5) is 21.8. The third-order valence-electron chi connectivity index (χ3n) is 7.87. The van der Waals surface area contributed by atoms with Crippen LogP contribution in [-0.2, 0) is 0 Å². The molecule has 7 heteroatoms. The number of carbonyl (C=O) groups is 1. The van der Waals surface area contributed by atoms with Crippen molar-refractivity contribution in [1.29, 1.82) is 0 Å². The van der Waals surface area contributed by atoms with Crippen molar-refractivity contribution in [2.75, 3.05) is 26.2 Å². The summed E-state index contributed by atoms with van der Waals surface area (Å²) in [5.74, 6) is 0.455. The molecule has 0 aromatic carbocycles. The number of likely N-dealkylation sites (tertiary alicyclic amines) is 2. The zero-order valence-corrected chi connectivity index (χ0v) is 21.0. The van der Waals surface area contributed by atoms with E-state index >= 15 is 0 Å². The van der Waals surface area contributed by atoms with E-state index in [1.54, 1.807) is 0 Å². The van der Waals surface area contributed by atoms with E-state index in [1.807, 2.05) is 23.4 Å². The summed E-state index contributed by atoms with van der Waals surface area (Å²) in [6, 6.07) is 3.40. The van der Waals surface area contributed by atoms with Crippen molar-refractivity contribution in [3.8, 4) is 0 Å². The van der Waals surface area contributed by atoms with Gasteiger partial charge in [-0.2, -0.15) is 0 Å². The second kappa shape index (κ2) is 10.1. The minimum atomic E-state index is 0.115. The van der Waals surface area contributed by atoms with Crippen molar-refractivity contribution in [1.82, 2.24) is 24.7 Å². The fourth-order valence-electron chi connectivity index (χ4n) is 5.73. The van der Waals surface area contributed by atoms with Crippen LogP contribution in [0.2, 0.25) is 0 Å². The van der Waals surface area contributed by atoms with Crippen LogP contribution in [0.1, 0.15) is 63.5 Å². The number of urea groups is 1. The Balaban J connectivity index is 1.22. The largest absolute Gasteiger partial charge is 0.339 e. The second-order valence-corrected chi connectivity index (χ2v) is 10.7. The Bertz CT molecular complexity index is 1070. The molecule has 6 nitrogen and oxygen atoms in total. The van der Waals surface area contributed by atoms with Gasteiger partial charge >= 0.3 is 6.03 Å². The molecule has 2 saturated heterocycles. The molecule has 1 unspecified atom stereocenters. The van der Waals surface area contributed by atoms with Crippen molar-refractivity contribution in [2.45, 2.75) is 70.0 Å². The van der Waals surface area contributed by atoms with Crippen molar-refractivity contribution >= 4 is 28.5 Å². The number of rotatable bonds is 4. The number of allylic oxidation sites excluding steroid dienone is 4. The van der Waals surface area contributed by atoms with Gasteiger partial charge in [-0.25, -0.2) is 4.79 Å². The van der Waals surface area contributed by atoms with Gasteiger partial charge in [0.1, 0.15) is 0 Å². The number of carbonyl (C=O) groups excluding carboxylic acids is 1. The van der Waals surface area contributed by atoms with Gasteiger partial charge in [-0.1, -0.05) is 23.8 Å². The van der Waals surface area contributed by atoms with Gasteiger partial charge in [0.25, 0.3) is 0 Å². The van der Waals surface area contributed by atoms with Crippen LogP contribution < -0.4 is 5.32 Å². The molecular weight excluding hydrogens is 446 g/mol. The van der Waals surface area contributed by atoms with Crippen molar-refractivity contribution in [2.24, 2.45) is 0 Å². The molecule has 1 aliphatic carbocycles. The smallest absolute Gasteiger partial charge is 0.317 e. The maximum absolute atomic E-state index is 12.9. The molecule has 0 bridgehead atoms. The number of piperidine rings is 2. The van der Waals surface area contributed by atoms with Crippen LogP contribution in [0.4, 0.5) is 4.79 Å². The highest BCUT2D eigenvalue weighted by atomic mass is 35.5. The average molecular weight is 482 g/mol. The Morgan fingerprint density at radius 2 is 1.91 bits per heavy atom. The first kappa shape index (κ1) is 23.4. The molecule has 0 radical (unpaired) electrons. The molecule has 2 aliphatic heterocycles. The van der Waals surface area contributed by atoms with Crippen LogP contribution in [0.25, 0.3) is 10.9 Å². The fourth-order valence-corrected chi connectivity index (χ4v) is 5.90. The van der Waals surface area contributed by atoms with Crippen LogP contribution in [0.5, 0.6) is 0 Å². The van der Waals surface area contributed by atoms with Crippen molar-refractivity contribution in [3.05, 3.63) is 53.5 Å². The minimum absolute atomic E-state index is 0.115. The van der Waals surface area contributed by atoms with E-state index in [4.69, 9.17) is 11.6 Å². The van der Waals surface area contributed by atoms with Crippen LogP contribution in [-0.4, -0.2) is 63.6 Å².